The van der Waals surface area contributed by atoms with Crippen molar-refractivity contribution in [1.82, 2.24) is 20.3 Å². The van der Waals surface area contributed by atoms with E-state index in [0.717, 1.165) is 70.8 Å². The average molecular weight is 445 g/mol. The third-order valence-corrected chi connectivity index (χ3v) is 6.72. The van der Waals surface area contributed by atoms with Crippen LogP contribution in [-0.2, 0) is 0 Å². The van der Waals surface area contributed by atoms with Crippen molar-refractivity contribution in [2.24, 2.45) is 0 Å². The first-order valence-electron chi connectivity index (χ1n) is 11.5. The molecule has 0 aliphatic carbocycles. The molecule has 0 saturated carbocycles. The molecular weight excluding hydrogens is 420 g/mol. The molecule has 4 heterocycles. The molecule has 3 aromatic heterocycles. The molecule has 0 unspecified atom stereocenters. The van der Waals surface area contributed by atoms with Gasteiger partial charge in [-0.25, -0.2) is 9.83 Å². The average Bonchev–Trinajstić information content (AvgIpc) is 3.24. The molecule has 0 atom stereocenters. The van der Waals surface area contributed by atoms with Crippen molar-refractivity contribution in [3.8, 4) is 22.4 Å². The number of H-pyrrole nitrogens is 1. The van der Waals surface area contributed by atoms with Crippen LogP contribution in [0.15, 0.2) is 67.0 Å². The summed E-state index contributed by atoms with van der Waals surface area (Å²) >= 11 is 0. The van der Waals surface area contributed by atoms with Crippen molar-refractivity contribution in [2.45, 2.75) is 6.92 Å². The number of piperazine rings is 1. The van der Waals surface area contributed by atoms with Gasteiger partial charge in [-0.1, -0.05) is 30.3 Å². The Labute approximate surface area is 198 Å². The van der Waals surface area contributed by atoms with Gasteiger partial charge in [0.25, 0.3) is 0 Å². The molecule has 2 N–H and O–H groups in total. The van der Waals surface area contributed by atoms with Gasteiger partial charge in [0.2, 0.25) is 5.69 Å². The van der Waals surface area contributed by atoms with Gasteiger partial charge in [0.05, 0.1) is 17.8 Å². The first kappa shape index (κ1) is 20.4. The van der Waals surface area contributed by atoms with Gasteiger partial charge >= 0.3 is 0 Å². The van der Waals surface area contributed by atoms with Crippen LogP contribution in [0.4, 0.5) is 11.5 Å². The van der Waals surface area contributed by atoms with Gasteiger partial charge in [-0.15, -0.1) is 0 Å². The minimum atomic E-state index is 0.579. The fraction of sp³-hybridized carbons (Fsp3) is 0.179. The summed E-state index contributed by atoms with van der Waals surface area (Å²) < 4.78 is 0. The monoisotopic (exact) mass is 444 g/mol. The summed E-state index contributed by atoms with van der Waals surface area (Å²) in [5, 5.41) is 5.58. The van der Waals surface area contributed by atoms with Crippen LogP contribution in [0.3, 0.4) is 0 Å². The second-order valence-corrected chi connectivity index (χ2v) is 8.67. The van der Waals surface area contributed by atoms with E-state index in [1.807, 2.05) is 30.5 Å². The van der Waals surface area contributed by atoms with Gasteiger partial charge in [0.15, 0.2) is 0 Å². The predicted octanol–water partition coefficient (Wildman–Crippen LogP) is 5.71. The maximum Gasteiger partial charge on any atom is 0.212 e. The minimum absolute atomic E-state index is 0.579. The van der Waals surface area contributed by atoms with Crippen molar-refractivity contribution >= 4 is 33.3 Å². The third-order valence-electron chi connectivity index (χ3n) is 6.72. The zero-order chi connectivity index (χ0) is 23.1. The van der Waals surface area contributed by atoms with Crippen LogP contribution < -0.4 is 10.2 Å². The van der Waals surface area contributed by atoms with E-state index in [2.05, 4.69) is 62.3 Å². The van der Waals surface area contributed by atoms with Crippen LogP contribution in [-0.4, -0.2) is 41.1 Å². The zero-order valence-electron chi connectivity index (χ0n) is 19.0. The van der Waals surface area contributed by atoms with Gasteiger partial charge in [0.1, 0.15) is 5.82 Å². The molecule has 166 valence electrons. The molecule has 0 bridgehead atoms. The van der Waals surface area contributed by atoms with E-state index >= 15 is 0 Å². The second kappa shape index (κ2) is 8.29. The van der Waals surface area contributed by atoms with Crippen LogP contribution in [0.1, 0.15) is 5.56 Å². The highest BCUT2D eigenvalue weighted by Gasteiger charge is 2.15. The van der Waals surface area contributed by atoms with Crippen LogP contribution in [0.25, 0.3) is 49.0 Å². The minimum Gasteiger partial charge on any atom is -0.354 e. The smallest absolute Gasteiger partial charge is 0.212 e. The van der Waals surface area contributed by atoms with Crippen LogP contribution in [0.2, 0.25) is 0 Å². The Morgan fingerprint density at radius 2 is 1.79 bits per heavy atom. The Hall–Kier alpha value is -4.21. The summed E-state index contributed by atoms with van der Waals surface area (Å²) in [6, 6.07) is 18.6. The highest BCUT2D eigenvalue weighted by molar-refractivity contribution is 6.03. The summed E-state index contributed by atoms with van der Waals surface area (Å²) in [6.45, 7) is 13.6. The van der Waals surface area contributed by atoms with Gasteiger partial charge in [0, 0.05) is 55.0 Å². The number of anilines is 1. The Morgan fingerprint density at radius 3 is 2.59 bits per heavy atom. The molecule has 6 nitrogen and oxygen atoms in total. The molecule has 1 fully saturated rings. The SMILES string of the molecule is [C-]#[N+]c1ccc(-c2ccc3c(C)c(-c4ccc(N5CCNCC5)nc4)[nH]c3c2)c2cccnc12. The molecule has 0 radical (unpaired) electrons. The van der Waals surface area contributed by atoms with E-state index in [4.69, 9.17) is 11.6 Å². The second-order valence-electron chi connectivity index (χ2n) is 8.67. The lowest BCUT2D eigenvalue weighted by atomic mass is 9.98. The first-order valence-corrected chi connectivity index (χ1v) is 11.5. The van der Waals surface area contributed by atoms with Crippen molar-refractivity contribution in [3.05, 3.63) is 84.0 Å². The molecule has 6 heteroatoms. The van der Waals surface area contributed by atoms with E-state index in [1.54, 1.807) is 6.20 Å². The molecule has 1 aliphatic rings. The van der Waals surface area contributed by atoms with Gasteiger partial charge < -0.3 is 15.2 Å². The number of aromatic amines is 1. The number of hydrogen-bond acceptors (Lipinski definition) is 4. The molecule has 6 rings (SSSR count). The molecule has 34 heavy (non-hydrogen) atoms. The number of aryl methyl sites for hydroxylation is 1. The van der Waals surface area contributed by atoms with Crippen molar-refractivity contribution in [1.29, 1.82) is 0 Å². The number of pyridine rings is 2. The number of nitrogens with one attached hydrogen (secondary N) is 2. The topological polar surface area (TPSA) is 61.2 Å². The summed E-state index contributed by atoms with van der Waals surface area (Å²) in [5.74, 6) is 1.03. The van der Waals surface area contributed by atoms with Crippen molar-refractivity contribution in [3.63, 3.8) is 0 Å². The Morgan fingerprint density at radius 1 is 0.941 bits per heavy atom. The number of hydrogen-bond donors (Lipinski definition) is 2. The Bertz CT molecular complexity index is 1550. The lowest BCUT2D eigenvalue weighted by Crippen LogP contribution is -2.43. The van der Waals surface area contributed by atoms with E-state index in [9.17, 15) is 0 Å². The van der Waals surface area contributed by atoms with Crippen LogP contribution >= 0.6 is 0 Å². The first-order chi connectivity index (χ1) is 16.7. The molecule has 0 spiro atoms. The largest absolute Gasteiger partial charge is 0.354 e. The van der Waals surface area contributed by atoms with Crippen molar-refractivity contribution in [2.75, 3.05) is 31.1 Å². The Balaban J connectivity index is 1.40. The van der Waals surface area contributed by atoms with E-state index < -0.39 is 0 Å². The van der Waals surface area contributed by atoms with Crippen molar-refractivity contribution < 1.29 is 0 Å². The molecule has 5 aromatic rings. The van der Waals surface area contributed by atoms with E-state index in [1.165, 1.54) is 10.9 Å². The molecular formula is C28H24N6. The predicted molar refractivity (Wildman–Crippen MR) is 138 cm³/mol. The van der Waals surface area contributed by atoms with Gasteiger partial charge in [-0.3, -0.25) is 4.98 Å². The van der Waals surface area contributed by atoms with Gasteiger partial charge in [-0.05, 0) is 53.3 Å². The zero-order valence-corrected chi connectivity index (χ0v) is 19.0. The summed E-state index contributed by atoms with van der Waals surface area (Å²) in [7, 11) is 0. The fourth-order valence-electron chi connectivity index (χ4n) is 4.91. The number of nitrogens with zero attached hydrogens (tertiary/aromatic N) is 4. The number of rotatable bonds is 3. The quantitative estimate of drug-likeness (QED) is 0.350. The molecule has 1 aliphatic heterocycles. The van der Waals surface area contributed by atoms with Crippen LogP contribution in [0.5, 0.6) is 0 Å². The molecule has 1 saturated heterocycles. The lowest BCUT2D eigenvalue weighted by molar-refractivity contribution is 0.585. The highest BCUT2D eigenvalue weighted by Crippen LogP contribution is 2.36. The Kier molecular flexibility index (Phi) is 4.97. The molecule has 2 aromatic carbocycles. The lowest BCUT2D eigenvalue weighted by Gasteiger charge is -2.28. The number of benzene rings is 2. The summed E-state index contributed by atoms with van der Waals surface area (Å²) in [5.41, 5.74) is 7.99. The standard InChI is InChI=1S/C28H24N6/c1-18-21-7-5-19(22-8-9-24(29-2)28-23(22)4-3-11-31-28)16-25(21)33-27(18)20-6-10-26(32-17-20)34-14-12-30-13-15-34/h3-11,16-17,30,33H,12-15H2,1H3. The normalized spacial score (nSPS) is 13.9. The summed E-state index contributed by atoms with van der Waals surface area (Å²) in [4.78, 5) is 18.8. The van der Waals surface area contributed by atoms with E-state index in [0.29, 0.717) is 5.69 Å². The van der Waals surface area contributed by atoms with Gasteiger partial charge in [-0.2, -0.15) is 0 Å². The highest BCUT2D eigenvalue weighted by atomic mass is 15.2. The maximum absolute atomic E-state index is 7.46. The number of fused-ring (bicyclic) bond motifs is 2. The van der Waals surface area contributed by atoms with E-state index in [-0.39, 0.29) is 0 Å². The van der Waals surface area contributed by atoms with Crippen LogP contribution in [0, 0.1) is 13.5 Å². The maximum atomic E-state index is 7.46. The fourth-order valence-corrected chi connectivity index (χ4v) is 4.91. The number of aromatic nitrogens is 3. The third kappa shape index (κ3) is 3.38. The summed E-state index contributed by atoms with van der Waals surface area (Å²) in [6.07, 6.45) is 3.71. The molecule has 0 amide bonds.